The standard InChI is InChI=1S/C12H22/c1-4-7-8-9-10-11-12(5-2)6-3/h5,8-9,12H,2,4,6-7,10-11H2,1,3H3. The van der Waals surface area contributed by atoms with E-state index in [2.05, 4.69) is 38.7 Å². The fourth-order valence-electron chi connectivity index (χ4n) is 1.20. The van der Waals surface area contributed by atoms with Crippen LogP contribution in [0.2, 0.25) is 0 Å². The molecule has 12 heavy (non-hydrogen) atoms. The van der Waals surface area contributed by atoms with Crippen molar-refractivity contribution in [2.75, 3.05) is 0 Å². The second-order valence-electron chi connectivity index (χ2n) is 3.24. The molecule has 70 valence electrons. The molecule has 0 heteroatoms. The molecule has 0 saturated carbocycles. The third kappa shape index (κ3) is 6.21. The van der Waals surface area contributed by atoms with E-state index in [1.165, 1.54) is 32.1 Å². The van der Waals surface area contributed by atoms with Gasteiger partial charge in [-0.2, -0.15) is 0 Å². The van der Waals surface area contributed by atoms with Crippen LogP contribution in [0.15, 0.2) is 24.8 Å². The third-order valence-electron chi connectivity index (χ3n) is 2.18. The van der Waals surface area contributed by atoms with Gasteiger partial charge in [-0.1, -0.05) is 38.5 Å². The number of hydrogen-bond donors (Lipinski definition) is 0. The van der Waals surface area contributed by atoms with E-state index >= 15 is 0 Å². The van der Waals surface area contributed by atoms with Crippen molar-refractivity contribution in [3.63, 3.8) is 0 Å². The Bertz CT molecular complexity index is 122. The molecule has 1 unspecified atom stereocenters. The molecule has 0 aliphatic carbocycles. The van der Waals surface area contributed by atoms with Crippen LogP contribution in [0.3, 0.4) is 0 Å². The first-order chi connectivity index (χ1) is 5.85. The summed E-state index contributed by atoms with van der Waals surface area (Å²) < 4.78 is 0. The summed E-state index contributed by atoms with van der Waals surface area (Å²) in [5, 5.41) is 0. The Kier molecular flexibility index (Phi) is 8.20. The van der Waals surface area contributed by atoms with Crippen LogP contribution in [0.25, 0.3) is 0 Å². The van der Waals surface area contributed by atoms with E-state index in [0.29, 0.717) is 0 Å². The van der Waals surface area contributed by atoms with E-state index in [4.69, 9.17) is 0 Å². The minimum Gasteiger partial charge on any atom is -0.103 e. The Morgan fingerprint density at radius 2 is 1.83 bits per heavy atom. The Labute approximate surface area is 77.4 Å². The van der Waals surface area contributed by atoms with Gasteiger partial charge in [0.1, 0.15) is 0 Å². The molecule has 0 amide bonds. The van der Waals surface area contributed by atoms with Crippen molar-refractivity contribution >= 4 is 0 Å². The summed E-state index contributed by atoms with van der Waals surface area (Å²) in [6, 6.07) is 0. The van der Waals surface area contributed by atoms with Crippen LogP contribution < -0.4 is 0 Å². The fraction of sp³-hybridized carbons (Fsp3) is 0.667. The maximum atomic E-state index is 3.82. The minimum absolute atomic E-state index is 0.719. The first-order valence-electron chi connectivity index (χ1n) is 5.12. The lowest BCUT2D eigenvalue weighted by Crippen LogP contribution is -1.91. The molecule has 0 spiro atoms. The van der Waals surface area contributed by atoms with Crippen LogP contribution in [0.1, 0.15) is 46.0 Å². The molecular weight excluding hydrogens is 144 g/mol. The molecule has 0 radical (unpaired) electrons. The quantitative estimate of drug-likeness (QED) is 0.494. The van der Waals surface area contributed by atoms with Crippen LogP contribution in [0, 0.1) is 5.92 Å². The molecule has 0 aliphatic rings. The van der Waals surface area contributed by atoms with Gasteiger partial charge in [0.15, 0.2) is 0 Å². The Morgan fingerprint density at radius 1 is 1.17 bits per heavy atom. The largest absolute Gasteiger partial charge is 0.103 e. The Balaban J connectivity index is 3.33. The summed E-state index contributed by atoms with van der Waals surface area (Å²) in [6.45, 7) is 8.26. The SMILES string of the molecule is C=CC(CC)CCC=CCCC. The lowest BCUT2D eigenvalue weighted by Gasteiger charge is -2.05. The van der Waals surface area contributed by atoms with E-state index in [-0.39, 0.29) is 0 Å². The molecule has 0 N–H and O–H groups in total. The Hall–Kier alpha value is -0.520. The van der Waals surface area contributed by atoms with Gasteiger partial charge >= 0.3 is 0 Å². The van der Waals surface area contributed by atoms with E-state index in [9.17, 15) is 0 Å². The second kappa shape index (κ2) is 8.58. The van der Waals surface area contributed by atoms with E-state index < -0.39 is 0 Å². The van der Waals surface area contributed by atoms with Gasteiger partial charge < -0.3 is 0 Å². The highest BCUT2D eigenvalue weighted by molar-refractivity contribution is 4.85. The first-order valence-corrected chi connectivity index (χ1v) is 5.12. The predicted octanol–water partition coefficient (Wildman–Crippen LogP) is 4.34. The zero-order chi connectivity index (χ0) is 9.23. The summed E-state index contributed by atoms with van der Waals surface area (Å²) in [5.74, 6) is 0.719. The molecule has 1 atom stereocenters. The van der Waals surface area contributed by atoms with Crippen LogP contribution in [0.5, 0.6) is 0 Å². The second-order valence-corrected chi connectivity index (χ2v) is 3.24. The van der Waals surface area contributed by atoms with Gasteiger partial charge in [-0.05, 0) is 31.6 Å². The van der Waals surface area contributed by atoms with Gasteiger partial charge in [0, 0.05) is 0 Å². The van der Waals surface area contributed by atoms with E-state index in [1.807, 2.05) is 0 Å². The molecule has 0 fully saturated rings. The average Bonchev–Trinajstić information content (AvgIpc) is 2.11. The van der Waals surface area contributed by atoms with E-state index in [0.717, 1.165) is 5.92 Å². The highest BCUT2D eigenvalue weighted by atomic mass is 14.0. The summed E-state index contributed by atoms with van der Waals surface area (Å²) in [7, 11) is 0. The highest BCUT2D eigenvalue weighted by Crippen LogP contribution is 2.11. The number of unbranched alkanes of at least 4 members (excludes halogenated alkanes) is 1. The molecule has 0 aromatic carbocycles. The number of allylic oxidation sites excluding steroid dienone is 3. The first kappa shape index (κ1) is 11.5. The monoisotopic (exact) mass is 166 g/mol. The van der Waals surface area contributed by atoms with Crippen molar-refractivity contribution in [2.24, 2.45) is 5.92 Å². The third-order valence-corrected chi connectivity index (χ3v) is 2.18. The zero-order valence-corrected chi connectivity index (χ0v) is 8.55. The molecule has 0 rings (SSSR count). The van der Waals surface area contributed by atoms with Gasteiger partial charge in [-0.3, -0.25) is 0 Å². The summed E-state index contributed by atoms with van der Waals surface area (Å²) >= 11 is 0. The molecular formula is C12H22. The van der Waals surface area contributed by atoms with Gasteiger partial charge in [0.25, 0.3) is 0 Å². The molecule has 0 saturated heterocycles. The van der Waals surface area contributed by atoms with Crippen LogP contribution in [-0.2, 0) is 0 Å². The van der Waals surface area contributed by atoms with Gasteiger partial charge in [0.05, 0.1) is 0 Å². The summed E-state index contributed by atoms with van der Waals surface area (Å²) in [5.41, 5.74) is 0. The topological polar surface area (TPSA) is 0 Å². The van der Waals surface area contributed by atoms with Crippen LogP contribution in [0.4, 0.5) is 0 Å². The Morgan fingerprint density at radius 3 is 2.33 bits per heavy atom. The lowest BCUT2D eigenvalue weighted by atomic mass is 10.0. The van der Waals surface area contributed by atoms with Crippen LogP contribution in [-0.4, -0.2) is 0 Å². The van der Waals surface area contributed by atoms with Crippen molar-refractivity contribution in [2.45, 2.75) is 46.0 Å². The summed E-state index contributed by atoms with van der Waals surface area (Å²) in [4.78, 5) is 0. The maximum absolute atomic E-state index is 3.82. The highest BCUT2D eigenvalue weighted by Gasteiger charge is 1.97. The lowest BCUT2D eigenvalue weighted by molar-refractivity contribution is 0.580. The van der Waals surface area contributed by atoms with Crippen molar-refractivity contribution < 1.29 is 0 Å². The predicted molar refractivity (Wildman–Crippen MR) is 57.3 cm³/mol. The zero-order valence-electron chi connectivity index (χ0n) is 8.55. The van der Waals surface area contributed by atoms with Crippen LogP contribution >= 0.6 is 0 Å². The smallest absolute Gasteiger partial charge is 0.0236 e. The number of hydrogen-bond acceptors (Lipinski definition) is 0. The molecule has 0 bridgehead atoms. The van der Waals surface area contributed by atoms with Gasteiger partial charge in [0.2, 0.25) is 0 Å². The molecule has 0 nitrogen and oxygen atoms in total. The van der Waals surface area contributed by atoms with Crippen molar-refractivity contribution in [1.29, 1.82) is 0 Å². The molecule has 0 aromatic heterocycles. The normalized spacial score (nSPS) is 13.5. The van der Waals surface area contributed by atoms with Gasteiger partial charge in [-0.15, -0.1) is 6.58 Å². The van der Waals surface area contributed by atoms with E-state index in [1.54, 1.807) is 0 Å². The molecule has 0 aliphatic heterocycles. The molecule has 0 aromatic rings. The summed E-state index contributed by atoms with van der Waals surface area (Å²) in [6.07, 6.45) is 12.9. The minimum atomic E-state index is 0.719. The molecule has 0 heterocycles. The van der Waals surface area contributed by atoms with Gasteiger partial charge in [-0.25, -0.2) is 0 Å². The fourth-order valence-corrected chi connectivity index (χ4v) is 1.20. The average molecular weight is 166 g/mol. The van der Waals surface area contributed by atoms with Crippen molar-refractivity contribution in [3.8, 4) is 0 Å². The maximum Gasteiger partial charge on any atom is -0.0236 e. The number of rotatable bonds is 7. The van der Waals surface area contributed by atoms with Crippen molar-refractivity contribution in [1.82, 2.24) is 0 Å². The van der Waals surface area contributed by atoms with Crippen molar-refractivity contribution in [3.05, 3.63) is 24.8 Å².